The summed E-state index contributed by atoms with van der Waals surface area (Å²) in [7, 11) is 1.53. The van der Waals surface area contributed by atoms with Gasteiger partial charge in [-0.1, -0.05) is 36.4 Å². The van der Waals surface area contributed by atoms with Crippen molar-refractivity contribution in [3.63, 3.8) is 0 Å². The Kier molecular flexibility index (Phi) is 6.48. The van der Waals surface area contributed by atoms with Crippen LogP contribution in [0.15, 0.2) is 77.8 Å². The number of amides is 3. The van der Waals surface area contributed by atoms with Crippen LogP contribution in [0.4, 0.5) is 29.3 Å². The molecule has 1 atom stereocenters. The molecule has 1 aliphatic rings. The first kappa shape index (κ1) is 22.8. The Morgan fingerprint density at radius 2 is 1.74 bits per heavy atom. The molecule has 0 radical (unpaired) electrons. The monoisotopic (exact) mass is 468 g/mol. The average molecular weight is 468 g/mol. The van der Waals surface area contributed by atoms with Gasteiger partial charge in [-0.05, 0) is 30.3 Å². The molecular weight excluding hydrogens is 449 g/mol. The Balaban J connectivity index is 1.65. The van der Waals surface area contributed by atoms with E-state index in [0.717, 1.165) is 0 Å². The van der Waals surface area contributed by atoms with Crippen molar-refractivity contribution in [2.24, 2.45) is 4.99 Å². The second-order valence-electron chi connectivity index (χ2n) is 7.28. The summed E-state index contributed by atoms with van der Waals surface area (Å²) in [4.78, 5) is 31.5. The Hall–Kier alpha value is -4.34. The highest BCUT2D eigenvalue weighted by Gasteiger charge is 2.31. The maximum Gasteiger partial charge on any atom is 0.387 e. The molecule has 1 aliphatic heterocycles. The summed E-state index contributed by atoms with van der Waals surface area (Å²) in [5.74, 6) is -1.23. The van der Waals surface area contributed by atoms with Crippen LogP contribution in [0.25, 0.3) is 0 Å². The number of benzodiazepines with no additional fused rings is 1. The normalized spacial score (nSPS) is 15.3. The Morgan fingerprint density at radius 1 is 1.03 bits per heavy atom. The molecule has 174 valence electrons. The fourth-order valence-corrected chi connectivity index (χ4v) is 3.53. The molecule has 1 heterocycles. The number of halogens is 3. The zero-order valence-electron chi connectivity index (χ0n) is 17.8. The van der Waals surface area contributed by atoms with Crippen molar-refractivity contribution in [2.75, 3.05) is 17.3 Å². The fraction of sp³-hybridized carbons (Fsp3) is 0.125. The van der Waals surface area contributed by atoms with Crippen molar-refractivity contribution in [2.45, 2.75) is 12.8 Å². The predicted molar refractivity (Wildman–Crippen MR) is 121 cm³/mol. The summed E-state index contributed by atoms with van der Waals surface area (Å²) in [6.45, 7) is -3.02. The number of anilines is 2. The summed E-state index contributed by atoms with van der Waals surface area (Å²) >= 11 is 0. The third-order valence-electron chi connectivity index (χ3n) is 5.06. The lowest BCUT2D eigenvalue weighted by Crippen LogP contribution is -2.47. The average Bonchev–Trinajstić information content (AvgIpc) is 2.90. The number of aliphatic imine (C=N–C) groups is 1. The highest BCUT2D eigenvalue weighted by atomic mass is 19.3. The summed E-state index contributed by atoms with van der Waals surface area (Å²) in [6, 6.07) is 17.4. The van der Waals surface area contributed by atoms with E-state index in [-0.39, 0.29) is 22.7 Å². The van der Waals surface area contributed by atoms with E-state index in [1.807, 2.05) is 0 Å². The number of nitrogens with zero attached hydrogens (tertiary/aromatic N) is 2. The lowest BCUT2D eigenvalue weighted by Gasteiger charge is -2.21. The first-order valence-corrected chi connectivity index (χ1v) is 10.2. The molecule has 3 aromatic rings. The number of para-hydroxylation sites is 1. The SMILES string of the molecule is CN1C(=O)C(NC(=O)Nc2cccc(OC(F)F)c2)N=C(c2ccccc2F)c2ccccc21. The molecule has 3 amide bonds. The van der Waals surface area contributed by atoms with Gasteiger partial charge in [-0.25, -0.2) is 14.2 Å². The number of hydrogen-bond donors (Lipinski definition) is 2. The molecule has 4 rings (SSSR count). The van der Waals surface area contributed by atoms with Gasteiger partial charge in [0.2, 0.25) is 6.17 Å². The smallest absolute Gasteiger partial charge is 0.387 e. The van der Waals surface area contributed by atoms with Crippen LogP contribution in [-0.2, 0) is 4.79 Å². The van der Waals surface area contributed by atoms with Gasteiger partial charge in [-0.3, -0.25) is 4.79 Å². The van der Waals surface area contributed by atoms with Gasteiger partial charge in [0.15, 0.2) is 0 Å². The van der Waals surface area contributed by atoms with Crippen LogP contribution in [0.1, 0.15) is 11.1 Å². The number of urea groups is 1. The van der Waals surface area contributed by atoms with Gasteiger partial charge < -0.3 is 20.3 Å². The molecule has 10 heteroatoms. The largest absolute Gasteiger partial charge is 0.435 e. The number of hydrogen-bond acceptors (Lipinski definition) is 4. The molecule has 0 aromatic heterocycles. The minimum absolute atomic E-state index is 0.145. The number of likely N-dealkylation sites (N-methyl/N-ethyl adjacent to an activating group) is 1. The fourth-order valence-electron chi connectivity index (χ4n) is 3.53. The zero-order chi connectivity index (χ0) is 24.2. The van der Waals surface area contributed by atoms with Crippen LogP contribution in [0.2, 0.25) is 0 Å². The van der Waals surface area contributed by atoms with Crippen LogP contribution in [0, 0.1) is 5.82 Å². The van der Waals surface area contributed by atoms with E-state index in [9.17, 15) is 22.8 Å². The lowest BCUT2D eigenvalue weighted by molar-refractivity contribution is -0.119. The van der Waals surface area contributed by atoms with Crippen LogP contribution >= 0.6 is 0 Å². The van der Waals surface area contributed by atoms with E-state index in [1.165, 1.54) is 54.4 Å². The summed E-state index contributed by atoms with van der Waals surface area (Å²) in [6.07, 6.45) is -1.38. The molecule has 1 unspecified atom stereocenters. The predicted octanol–water partition coefficient (Wildman–Crippen LogP) is 4.39. The number of fused-ring (bicyclic) bond motifs is 1. The maximum atomic E-state index is 14.7. The second kappa shape index (κ2) is 9.65. The number of alkyl halides is 2. The lowest BCUT2D eigenvalue weighted by atomic mass is 10.00. The third-order valence-corrected chi connectivity index (χ3v) is 5.06. The van der Waals surface area contributed by atoms with E-state index in [4.69, 9.17) is 0 Å². The number of rotatable bonds is 5. The first-order valence-electron chi connectivity index (χ1n) is 10.2. The van der Waals surface area contributed by atoms with Crippen molar-refractivity contribution >= 4 is 29.0 Å². The number of carbonyl (C=O) groups excluding carboxylic acids is 2. The third kappa shape index (κ3) is 4.85. The Labute approximate surface area is 192 Å². The quantitative estimate of drug-likeness (QED) is 0.583. The van der Waals surface area contributed by atoms with E-state index in [1.54, 1.807) is 30.3 Å². The molecule has 0 saturated heterocycles. The van der Waals surface area contributed by atoms with Crippen LogP contribution < -0.4 is 20.3 Å². The molecule has 3 aromatic carbocycles. The minimum atomic E-state index is -3.02. The molecule has 0 fully saturated rings. The van der Waals surface area contributed by atoms with Crippen molar-refractivity contribution in [3.05, 3.63) is 89.7 Å². The van der Waals surface area contributed by atoms with Crippen LogP contribution in [0.5, 0.6) is 5.75 Å². The minimum Gasteiger partial charge on any atom is -0.435 e. The van der Waals surface area contributed by atoms with E-state index in [0.29, 0.717) is 11.3 Å². The molecule has 7 nitrogen and oxygen atoms in total. The summed E-state index contributed by atoms with van der Waals surface area (Å²) in [5, 5.41) is 4.92. The zero-order valence-corrected chi connectivity index (χ0v) is 17.8. The summed E-state index contributed by atoms with van der Waals surface area (Å²) < 4.78 is 43.9. The van der Waals surface area contributed by atoms with Gasteiger partial charge in [0.05, 0.1) is 11.4 Å². The van der Waals surface area contributed by atoms with E-state index < -0.39 is 30.5 Å². The Morgan fingerprint density at radius 3 is 2.47 bits per heavy atom. The van der Waals surface area contributed by atoms with Crippen LogP contribution in [0.3, 0.4) is 0 Å². The molecule has 2 N–H and O–H groups in total. The molecule has 0 bridgehead atoms. The highest BCUT2D eigenvalue weighted by Crippen LogP contribution is 2.28. The van der Waals surface area contributed by atoms with Gasteiger partial charge in [-0.2, -0.15) is 8.78 Å². The van der Waals surface area contributed by atoms with Gasteiger partial charge in [0, 0.05) is 29.9 Å². The number of carbonyl (C=O) groups is 2. The van der Waals surface area contributed by atoms with Gasteiger partial charge in [-0.15, -0.1) is 0 Å². The van der Waals surface area contributed by atoms with Crippen molar-refractivity contribution < 1.29 is 27.5 Å². The topological polar surface area (TPSA) is 83.0 Å². The van der Waals surface area contributed by atoms with Crippen molar-refractivity contribution in [3.8, 4) is 5.75 Å². The number of nitrogens with one attached hydrogen (secondary N) is 2. The van der Waals surface area contributed by atoms with Gasteiger partial charge in [0.1, 0.15) is 11.6 Å². The molecular formula is C24H19F3N4O3. The molecule has 0 aliphatic carbocycles. The number of ether oxygens (including phenoxy) is 1. The molecule has 0 spiro atoms. The van der Waals surface area contributed by atoms with Crippen LogP contribution in [-0.4, -0.2) is 37.5 Å². The summed E-state index contributed by atoms with van der Waals surface area (Å²) in [5.41, 5.74) is 1.54. The number of benzene rings is 3. The van der Waals surface area contributed by atoms with Gasteiger partial charge >= 0.3 is 12.6 Å². The van der Waals surface area contributed by atoms with E-state index in [2.05, 4.69) is 20.4 Å². The molecule has 0 saturated carbocycles. The molecule has 34 heavy (non-hydrogen) atoms. The van der Waals surface area contributed by atoms with Crippen molar-refractivity contribution in [1.29, 1.82) is 0 Å². The Bertz CT molecular complexity index is 1270. The standard InChI is InChI=1S/C24H19F3N4O3/c1-31-19-12-5-3-10-17(19)20(16-9-2-4-11-18(16)25)29-21(22(31)32)30-24(33)28-14-7-6-8-15(13-14)34-23(26)27/h2-13,21,23H,1H3,(H2,28,30,33). The first-order chi connectivity index (χ1) is 16.3. The van der Waals surface area contributed by atoms with Gasteiger partial charge in [0.25, 0.3) is 5.91 Å². The van der Waals surface area contributed by atoms with Crippen molar-refractivity contribution in [1.82, 2.24) is 5.32 Å². The highest BCUT2D eigenvalue weighted by molar-refractivity contribution is 6.20. The maximum absolute atomic E-state index is 14.7. The second-order valence-corrected chi connectivity index (χ2v) is 7.28. The van der Waals surface area contributed by atoms with E-state index >= 15 is 0 Å².